The van der Waals surface area contributed by atoms with Crippen LogP contribution in [0, 0.1) is 22.7 Å². The van der Waals surface area contributed by atoms with Gasteiger partial charge in [0.1, 0.15) is 33.3 Å². The molecule has 0 aromatic heterocycles. The van der Waals surface area contributed by atoms with Crippen LogP contribution in [0.4, 0.5) is 13.2 Å². The van der Waals surface area contributed by atoms with Gasteiger partial charge < -0.3 is 9.84 Å². The Morgan fingerprint density at radius 1 is 1.06 bits per heavy atom. The SMILES string of the molecule is N#Cc1c(O)c(Cl)c(Cl)c(OC(F)(F)F)c1C#N. The number of hydrogen-bond donors (Lipinski definition) is 1. The van der Waals surface area contributed by atoms with Crippen molar-refractivity contribution in [2.75, 3.05) is 0 Å². The lowest BCUT2D eigenvalue weighted by atomic mass is 10.1. The van der Waals surface area contributed by atoms with Crippen molar-refractivity contribution in [3.8, 4) is 23.6 Å². The topological polar surface area (TPSA) is 77.0 Å². The van der Waals surface area contributed by atoms with Crippen LogP contribution in [-0.2, 0) is 0 Å². The molecule has 1 N–H and O–H groups in total. The van der Waals surface area contributed by atoms with Gasteiger partial charge in [-0.1, -0.05) is 23.2 Å². The molecule has 9 heteroatoms. The fourth-order valence-electron chi connectivity index (χ4n) is 1.08. The highest BCUT2D eigenvalue weighted by Gasteiger charge is 2.35. The van der Waals surface area contributed by atoms with Crippen LogP contribution in [0.3, 0.4) is 0 Å². The summed E-state index contributed by atoms with van der Waals surface area (Å²) in [4.78, 5) is 0. The van der Waals surface area contributed by atoms with Crippen molar-refractivity contribution in [3.05, 3.63) is 21.2 Å². The fourth-order valence-corrected chi connectivity index (χ4v) is 1.49. The summed E-state index contributed by atoms with van der Waals surface area (Å²) in [5.41, 5.74) is -1.59. The lowest BCUT2D eigenvalue weighted by molar-refractivity contribution is -0.274. The van der Waals surface area contributed by atoms with E-state index in [1.54, 1.807) is 0 Å². The van der Waals surface area contributed by atoms with Gasteiger partial charge in [0.25, 0.3) is 0 Å². The zero-order valence-electron chi connectivity index (χ0n) is 8.14. The summed E-state index contributed by atoms with van der Waals surface area (Å²) in [7, 11) is 0. The molecule has 0 aliphatic carbocycles. The van der Waals surface area contributed by atoms with E-state index >= 15 is 0 Å². The highest BCUT2D eigenvalue weighted by Crippen LogP contribution is 2.45. The van der Waals surface area contributed by atoms with E-state index < -0.39 is 39.0 Å². The molecule has 18 heavy (non-hydrogen) atoms. The Morgan fingerprint density at radius 2 is 1.56 bits per heavy atom. The van der Waals surface area contributed by atoms with Crippen LogP contribution in [0.2, 0.25) is 10.0 Å². The molecule has 0 heterocycles. The van der Waals surface area contributed by atoms with Crippen molar-refractivity contribution >= 4 is 23.2 Å². The van der Waals surface area contributed by atoms with Crippen molar-refractivity contribution in [1.29, 1.82) is 10.5 Å². The van der Waals surface area contributed by atoms with E-state index in [0.29, 0.717) is 0 Å². The molecule has 0 amide bonds. The van der Waals surface area contributed by atoms with Gasteiger partial charge in [-0.05, 0) is 0 Å². The Bertz CT molecular complexity index is 588. The first kappa shape index (κ1) is 14.2. The summed E-state index contributed by atoms with van der Waals surface area (Å²) in [6.07, 6.45) is -5.12. The summed E-state index contributed by atoms with van der Waals surface area (Å²) in [6.45, 7) is 0. The number of halogens is 5. The highest BCUT2D eigenvalue weighted by molar-refractivity contribution is 6.44. The molecule has 0 spiro atoms. The van der Waals surface area contributed by atoms with Crippen LogP contribution in [0.1, 0.15) is 11.1 Å². The Hall–Kier alpha value is -1.83. The number of rotatable bonds is 1. The number of nitrogens with zero attached hydrogens (tertiary/aromatic N) is 2. The quantitative estimate of drug-likeness (QED) is 0.862. The van der Waals surface area contributed by atoms with E-state index in [0.717, 1.165) is 0 Å². The van der Waals surface area contributed by atoms with Crippen molar-refractivity contribution in [1.82, 2.24) is 0 Å². The fraction of sp³-hybridized carbons (Fsp3) is 0.111. The monoisotopic (exact) mass is 296 g/mol. The second-order valence-corrected chi connectivity index (χ2v) is 3.58. The first-order valence-corrected chi connectivity index (χ1v) is 4.78. The minimum atomic E-state index is -5.12. The molecule has 94 valence electrons. The molecule has 1 rings (SSSR count). The van der Waals surface area contributed by atoms with E-state index in [2.05, 4.69) is 4.74 Å². The first-order chi connectivity index (χ1) is 8.22. The number of nitriles is 2. The standard InChI is InChI=1S/C9HCl2F3N2O2/c10-5-6(11)8(18-9(12,13)14)4(2-16)3(1-15)7(5)17/h17H. The van der Waals surface area contributed by atoms with Gasteiger partial charge in [0.15, 0.2) is 11.5 Å². The number of aromatic hydroxyl groups is 1. The lowest BCUT2D eigenvalue weighted by Gasteiger charge is -2.14. The smallest absolute Gasteiger partial charge is 0.505 e. The molecule has 0 bridgehead atoms. The van der Waals surface area contributed by atoms with Crippen LogP contribution in [0.25, 0.3) is 0 Å². The molecule has 1 aromatic rings. The molecule has 0 unspecified atom stereocenters. The van der Waals surface area contributed by atoms with E-state index in [1.807, 2.05) is 0 Å². The minimum absolute atomic E-state index is 0.702. The molecule has 0 saturated carbocycles. The first-order valence-electron chi connectivity index (χ1n) is 4.02. The number of phenols is 1. The lowest BCUT2D eigenvalue weighted by Crippen LogP contribution is -2.18. The van der Waals surface area contributed by atoms with Gasteiger partial charge in [-0.15, -0.1) is 13.2 Å². The minimum Gasteiger partial charge on any atom is -0.505 e. The van der Waals surface area contributed by atoms with Crippen molar-refractivity contribution < 1.29 is 23.0 Å². The summed E-state index contributed by atoms with van der Waals surface area (Å²) in [5.74, 6) is -2.00. The zero-order valence-corrected chi connectivity index (χ0v) is 9.65. The number of benzene rings is 1. The van der Waals surface area contributed by atoms with E-state index in [4.69, 9.17) is 33.7 Å². The molecular weight excluding hydrogens is 296 g/mol. The van der Waals surface area contributed by atoms with Gasteiger partial charge in [-0.3, -0.25) is 0 Å². The van der Waals surface area contributed by atoms with E-state index in [9.17, 15) is 18.3 Å². The van der Waals surface area contributed by atoms with Crippen LogP contribution in [0.15, 0.2) is 0 Å². The number of phenolic OH excluding ortho intramolecular Hbond substituents is 1. The van der Waals surface area contributed by atoms with Gasteiger partial charge in [0, 0.05) is 0 Å². The third kappa shape index (κ3) is 2.53. The van der Waals surface area contributed by atoms with Crippen LogP contribution < -0.4 is 4.74 Å². The molecule has 0 aliphatic heterocycles. The third-order valence-corrected chi connectivity index (χ3v) is 2.58. The number of ether oxygens (including phenoxy) is 1. The second-order valence-electron chi connectivity index (χ2n) is 2.83. The van der Waals surface area contributed by atoms with Crippen molar-refractivity contribution in [2.45, 2.75) is 6.36 Å². The Balaban J connectivity index is 3.67. The Morgan fingerprint density at radius 3 is 1.94 bits per heavy atom. The maximum Gasteiger partial charge on any atom is 0.573 e. The second kappa shape index (κ2) is 4.81. The Labute approximate surface area is 108 Å². The maximum absolute atomic E-state index is 12.1. The average Bonchev–Trinajstić information content (AvgIpc) is 2.28. The van der Waals surface area contributed by atoms with Gasteiger partial charge >= 0.3 is 6.36 Å². The average molecular weight is 297 g/mol. The largest absolute Gasteiger partial charge is 0.573 e. The van der Waals surface area contributed by atoms with Crippen LogP contribution >= 0.6 is 23.2 Å². The molecule has 1 aromatic carbocycles. The summed E-state index contributed by atoms with van der Waals surface area (Å²) >= 11 is 10.9. The molecule has 0 radical (unpaired) electrons. The molecule has 0 fully saturated rings. The van der Waals surface area contributed by atoms with Gasteiger partial charge in [0.05, 0.1) is 0 Å². The van der Waals surface area contributed by atoms with Gasteiger partial charge in [-0.2, -0.15) is 10.5 Å². The molecular formula is C9HCl2F3N2O2. The zero-order chi connectivity index (χ0) is 14.1. The van der Waals surface area contributed by atoms with E-state index in [-0.39, 0.29) is 0 Å². The van der Waals surface area contributed by atoms with Gasteiger partial charge in [-0.25, -0.2) is 0 Å². The van der Waals surface area contributed by atoms with Crippen molar-refractivity contribution in [2.24, 2.45) is 0 Å². The van der Waals surface area contributed by atoms with E-state index in [1.165, 1.54) is 12.1 Å². The number of hydrogen-bond acceptors (Lipinski definition) is 4. The predicted octanol–water partition coefficient (Wildman–Crippen LogP) is 3.34. The normalized spacial score (nSPS) is 10.6. The molecule has 4 nitrogen and oxygen atoms in total. The number of alkyl halides is 3. The van der Waals surface area contributed by atoms with Crippen LogP contribution in [-0.4, -0.2) is 11.5 Å². The Kier molecular flexibility index (Phi) is 3.80. The molecule has 0 atom stereocenters. The third-order valence-electron chi connectivity index (χ3n) is 1.76. The predicted molar refractivity (Wildman–Crippen MR) is 54.2 cm³/mol. The van der Waals surface area contributed by atoms with Crippen LogP contribution in [0.5, 0.6) is 11.5 Å². The highest BCUT2D eigenvalue weighted by atomic mass is 35.5. The molecule has 0 aliphatic rings. The van der Waals surface area contributed by atoms with Gasteiger partial charge in [0.2, 0.25) is 0 Å². The summed E-state index contributed by atoms with van der Waals surface area (Å²) in [5, 5.41) is 25.3. The summed E-state index contributed by atoms with van der Waals surface area (Å²) in [6, 6.07) is 2.64. The maximum atomic E-state index is 12.1. The summed E-state index contributed by atoms with van der Waals surface area (Å²) < 4.78 is 39.9. The molecule has 0 saturated heterocycles. The van der Waals surface area contributed by atoms with Crippen molar-refractivity contribution in [3.63, 3.8) is 0 Å².